The van der Waals surface area contributed by atoms with Crippen LogP contribution in [0, 0.1) is 0 Å². The third-order valence-electron chi connectivity index (χ3n) is 2.61. The lowest BCUT2D eigenvalue weighted by Crippen LogP contribution is -1.99. The van der Waals surface area contributed by atoms with Gasteiger partial charge in [-0.15, -0.1) is 0 Å². The molecule has 0 aliphatic heterocycles. The highest BCUT2D eigenvalue weighted by Gasteiger charge is 2.04. The normalized spacial score (nSPS) is 9.94. The number of benzene rings is 1. The highest BCUT2D eigenvalue weighted by molar-refractivity contribution is 5.31. The quantitative estimate of drug-likeness (QED) is 0.666. The molecule has 0 amide bonds. The summed E-state index contributed by atoms with van der Waals surface area (Å²) in [5.41, 5.74) is 3.63. The summed E-state index contributed by atoms with van der Waals surface area (Å²) in [7, 11) is 0. The summed E-state index contributed by atoms with van der Waals surface area (Å²) in [5.74, 6) is 1.47. The van der Waals surface area contributed by atoms with Gasteiger partial charge >= 0.3 is 0 Å². The van der Waals surface area contributed by atoms with E-state index in [4.69, 9.17) is 9.47 Å². The third-order valence-corrected chi connectivity index (χ3v) is 2.61. The molecular formula is C16H22O2. The van der Waals surface area contributed by atoms with Crippen LogP contribution in [0.3, 0.4) is 0 Å². The molecule has 98 valence electrons. The molecule has 0 aromatic heterocycles. The second-order valence-electron chi connectivity index (χ2n) is 4.44. The monoisotopic (exact) mass is 246 g/mol. The predicted octanol–water partition coefficient (Wildman–Crippen LogP) is 4.35. The molecule has 0 fully saturated rings. The Hall–Kier alpha value is -1.70. The molecule has 0 saturated carbocycles. The van der Waals surface area contributed by atoms with Crippen LogP contribution in [0.25, 0.3) is 0 Å². The average Bonchev–Trinajstić information content (AvgIpc) is 2.33. The lowest BCUT2D eigenvalue weighted by Gasteiger charge is -2.12. The molecule has 0 saturated heterocycles. The molecule has 0 radical (unpaired) electrons. The lowest BCUT2D eigenvalue weighted by molar-refractivity contribution is 0.197. The zero-order chi connectivity index (χ0) is 13.5. The van der Waals surface area contributed by atoms with E-state index in [1.165, 1.54) is 11.1 Å². The van der Waals surface area contributed by atoms with Crippen LogP contribution in [0.5, 0.6) is 0 Å². The number of hydrogen-bond acceptors (Lipinski definition) is 2. The largest absolute Gasteiger partial charge is 0.494 e. The highest BCUT2D eigenvalue weighted by Crippen LogP contribution is 2.16. The van der Waals surface area contributed by atoms with E-state index in [0.29, 0.717) is 13.2 Å². The lowest BCUT2D eigenvalue weighted by atomic mass is 10.0. The Kier molecular flexibility index (Phi) is 5.50. The molecule has 0 spiro atoms. The van der Waals surface area contributed by atoms with Crippen molar-refractivity contribution < 1.29 is 9.47 Å². The maximum Gasteiger partial charge on any atom is 0.113 e. The van der Waals surface area contributed by atoms with E-state index in [-0.39, 0.29) is 0 Å². The van der Waals surface area contributed by atoms with Gasteiger partial charge in [0.1, 0.15) is 13.2 Å². The molecular weight excluding hydrogens is 224 g/mol. The molecule has 0 unspecified atom stereocenters. The summed E-state index contributed by atoms with van der Waals surface area (Å²) in [6.45, 7) is 14.5. The smallest absolute Gasteiger partial charge is 0.113 e. The van der Waals surface area contributed by atoms with Crippen molar-refractivity contribution in [3.8, 4) is 0 Å². The first-order chi connectivity index (χ1) is 8.52. The molecule has 0 aliphatic carbocycles. The number of hydrogen-bond donors (Lipinski definition) is 0. The summed E-state index contributed by atoms with van der Waals surface area (Å²) in [6.07, 6.45) is 0.997. The number of ether oxygens (including phenoxy) is 2. The summed E-state index contributed by atoms with van der Waals surface area (Å²) >= 11 is 0. The van der Waals surface area contributed by atoms with Crippen molar-refractivity contribution in [3.63, 3.8) is 0 Å². The van der Waals surface area contributed by atoms with E-state index < -0.39 is 0 Å². The SMILES string of the molecule is C=C(C)OCc1ccc(CC)c(COC(=C)C)c1. The molecule has 18 heavy (non-hydrogen) atoms. The summed E-state index contributed by atoms with van der Waals surface area (Å²) < 4.78 is 10.9. The van der Waals surface area contributed by atoms with Gasteiger partial charge in [0.05, 0.1) is 11.5 Å². The van der Waals surface area contributed by atoms with E-state index in [2.05, 4.69) is 38.3 Å². The Labute approximate surface area is 110 Å². The molecule has 2 nitrogen and oxygen atoms in total. The zero-order valence-electron chi connectivity index (χ0n) is 11.6. The Morgan fingerprint density at radius 1 is 1.00 bits per heavy atom. The Balaban J connectivity index is 2.80. The standard InChI is InChI=1S/C16H22O2/c1-6-15-8-7-14(10-17-12(2)3)9-16(15)11-18-13(4)5/h7-9H,2,4,6,10-11H2,1,3,5H3. The third kappa shape index (κ3) is 4.66. The second-order valence-corrected chi connectivity index (χ2v) is 4.44. The maximum atomic E-state index is 5.50. The van der Waals surface area contributed by atoms with E-state index in [1.54, 1.807) is 0 Å². The first-order valence-corrected chi connectivity index (χ1v) is 6.20. The van der Waals surface area contributed by atoms with Crippen LogP contribution in [0.15, 0.2) is 42.9 Å². The first kappa shape index (κ1) is 14.4. The topological polar surface area (TPSA) is 18.5 Å². The molecule has 0 N–H and O–H groups in total. The highest BCUT2D eigenvalue weighted by atomic mass is 16.5. The van der Waals surface area contributed by atoms with E-state index in [1.807, 2.05) is 13.8 Å². The van der Waals surface area contributed by atoms with Gasteiger partial charge in [-0.05, 0) is 43.0 Å². The van der Waals surface area contributed by atoms with Crippen molar-refractivity contribution in [2.24, 2.45) is 0 Å². The van der Waals surface area contributed by atoms with Crippen LogP contribution < -0.4 is 0 Å². The van der Waals surface area contributed by atoms with Gasteiger partial charge in [-0.25, -0.2) is 0 Å². The summed E-state index contributed by atoms with van der Waals surface area (Å²) in [5, 5.41) is 0. The van der Waals surface area contributed by atoms with Gasteiger partial charge in [-0.3, -0.25) is 0 Å². The van der Waals surface area contributed by atoms with Gasteiger partial charge in [-0.2, -0.15) is 0 Å². The maximum absolute atomic E-state index is 5.50. The fourth-order valence-electron chi connectivity index (χ4n) is 1.66. The van der Waals surface area contributed by atoms with Crippen LogP contribution in [0.2, 0.25) is 0 Å². The fourth-order valence-corrected chi connectivity index (χ4v) is 1.66. The minimum atomic E-state index is 0.555. The minimum Gasteiger partial charge on any atom is -0.494 e. The number of aryl methyl sites for hydroxylation is 1. The Morgan fingerprint density at radius 2 is 1.61 bits per heavy atom. The van der Waals surface area contributed by atoms with Crippen LogP contribution in [-0.4, -0.2) is 0 Å². The molecule has 0 aliphatic rings. The van der Waals surface area contributed by atoms with Crippen molar-refractivity contribution in [2.45, 2.75) is 40.4 Å². The van der Waals surface area contributed by atoms with Crippen LogP contribution >= 0.6 is 0 Å². The molecule has 0 bridgehead atoms. The van der Waals surface area contributed by atoms with Crippen molar-refractivity contribution in [2.75, 3.05) is 0 Å². The van der Waals surface area contributed by atoms with Crippen molar-refractivity contribution in [1.82, 2.24) is 0 Å². The Bertz CT molecular complexity index is 433. The van der Waals surface area contributed by atoms with Gasteiger partial charge in [0, 0.05) is 0 Å². The van der Waals surface area contributed by atoms with E-state index in [9.17, 15) is 0 Å². The molecule has 0 atom stereocenters. The average molecular weight is 246 g/mol. The molecule has 1 aromatic rings. The van der Waals surface area contributed by atoms with Gasteiger partial charge in [0.25, 0.3) is 0 Å². The summed E-state index contributed by atoms with van der Waals surface area (Å²) in [4.78, 5) is 0. The Morgan fingerprint density at radius 3 is 2.17 bits per heavy atom. The minimum absolute atomic E-state index is 0.555. The van der Waals surface area contributed by atoms with Crippen molar-refractivity contribution in [3.05, 3.63) is 59.6 Å². The predicted molar refractivity (Wildman–Crippen MR) is 75.0 cm³/mol. The van der Waals surface area contributed by atoms with Crippen molar-refractivity contribution in [1.29, 1.82) is 0 Å². The van der Waals surface area contributed by atoms with Crippen LogP contribution in [0.1, 0.15) is 37.5 Å². The van der Waals surface area contributed by atoms with E-state index in [0.717, 1.165) is 23.5 Å². The van der Waals surface area contributed by atoms with E-state index >= 15 is 0 Å². The van der Waals surface area contributed by atoms with Gasteiger partial charge in [0.2, 0.25) is 0 Å². The number of rotatable bonds is 7. The number of allylic oxidation sites excluding steroid dienone is 2. The van der Waals surface area contributed by atoms with Gasteiger partial charge in [-0.1, -0.05) is 32.2 Å². The van der Waals surface area contributed by atoms with Gasteiger partial charge in [0.15, 0.2) is 0 Å². The fraction of sp³-hybridized carbons (Fsp3) is 0.375. The molecule has 1 rings (SSSR count). The zero-order valence-corrected chi connectivity index (χ0v) is 11.6. The van der Waals surface area contributed by atoms with Gasteiger partial charge < -0.3 is 9.47 Å². The molecule has 0 heterocycles. The van der Waals surface area contributed by atoms with Crippen LogP contribution in [0.4, 0.5) is 0 Å². The molecule has 2 heteroatoms. The second kappa shape index (κ2) is 6.90. The summed E-state index contributed by atoms with van der Waals surface area (Å²) in [6, 6.07) is 6.35. The van der Waals surface area contributed by atoms with Crippen LogP contribution in [-0.2, 0) is 29.1 Å². The molecule has 1 aromatic carbocycles. The first-order valence-electron chi connectivity index (χ1n) is 6.20. The van der Waals surface area contributed by atoms with Crippen molar-refractivity contribution >= 4 is 0 Å².